The summed E-state index contributed by atoms with van der Waals surface area (Å²) in [6, 6.07) is 11.2. The van der Waals surface area contributed by atoms with Crippen molar-refractivity contribution in [1.82, 2.24) is 0 Å². The van der Waals surface area contributed by atoms with E-state index in [0.717, 1.165) is 17.6 Å². The summed E-state index contributed by atoms with van der Waals surface area (Å²) in [6.45, 7) is 8.00. The van der Waals surface area contributed by atoms with Crippen LogP contribution in [-0.2, 0) is 9.53 Å². The number of carbonyl (C=O) groups excluding carboxylic acids is 1. The minimum absolute atomic E-state index is 0.0254. The van der Waals surface area contributed by atoms with Crippen LogP contribution in [0.15, 0.2) is 30.3 Å². The van der Waals surface area contributed by atoms with Crippen molar-refractivity contribution < 1.29 is 14.0 Å². The van der Waals surface area contributed by atoms with Gasteiger partial charge in [-0.1, -0.05) is 30.3 Å². The average Bonchev–Trinajstić information content (AvgIpc) is 3.07. The molecule has 0 radical (unpaired) electrons. The average molecular weight is 274 g/mol. The molecule has 0 N–H and O–H groups in total. The van der Waals surface area contributed by atoms with Crippen LogP contribution in [0.25, 0.3) is 0 Å². The maximum atomic E-state index is 12.1. The normalized spacial score (nSPS) is 33.1. The number of fused-ring (bicyclic) bond motifs is 2. The van der Waals surface area contributed by atoms with Gasteiger partial charge in [-0.15, -0.1) is 0 Å². The summed E-state index contributed by atoms with van der Waals surface area (Å²) in [5.74, 6) is 0.674. The summed E-state index contributed by atoms with van der Waals surface area (Å²) < 4.78 is 6.33. The zero-order valence-electron chi connectivity index (χ0n) is 12.4. The van der Waals surface area contributed by atoms with Crippen molar-refractivity contribution >= 4 is 5.97 Å². The highest BCUT2D eigenvalue weighted by atomic mass is 16.5. The van der Waals surface area contributed by atoms with Gasteiger partial charge in [0, 0.05) is 17.9 Å². The Labute approximate surface area is 121 Å². The van der Waals surface area contributed by atoms with E-state index in [1.54, 1.807) is 0 Å². The van der Waals surface area contributed by atoms with E-state index in [4.69, 9.17) is 4.74 Å². The second-order valence-corrected chi connectivity index (χ2v) is 6.30. The highest BCUT2D eigenvalue weighted by Crippen LogP contribution is 2.46. The Bertz CT molecular complexity index is 487. The third-order valence-electron chi connectivity index (χ3n) is 5.37. The van der Waals surface area contributed by atoms with E-state index in [1.807, 2.05) is 6.92 Å². The molecule has 2 aliphatic rings. The van der Waals surface area contributed by atoms with Crippen LogP contribution >= 0.6 is 0 Å². The fourth-order valence-electron chi connectivity index (χ4n) is 4.18. The van der Waals surface area contributed by atoms with E-state index in [9.17, 15) is 4.79 Å². The number of ether oxygens (including phenoxy) is 1. The molecule has 0 amide bonds. The molecule has 1 aromatic carbocycles. The summed E-state index contributed by atoms with van der Waals surface area (Å²) in [6.07, 6.45) is 1.17. The SMILES string of the molecule is CCOC(=O)C1C[N+]2([C@@H](C)c3ccccc3)CCC1C2. The van der Waals surface area contributed by atoms with Crippen LogP contribution in [0.3, 0.4) is 0 Å². The van der Waals surface area contributed by atoms with Gasteiger partial charge in [0.2, 0.25) is 0 Å². The van der Waals surface area contributed by atoms with Crippen molar-refractivity contribution in [1.29, 1.82) is 0 Å². The molecule has 2 saturated heterocycles. The van der Waals surface area contributed by atoms with Crippen LogP contribution < -0.4 is 0 Å². The van der Waals surface area contributed by atoms with Crippen LogP contribution in [0.4, 0.5) is 0 Å². The standard InChI is InChI=1S/C17H24NO2/c1-3-20-17(19)16-12-18(10-9-15(16)11-18)13(2)14-7-5-4-6-8-14/h4-8,13,15-16H,3,9-12H2,1-2H3/q+1/t13-,15?,16?,18?/m0/s1. The predicted octanol–water partition coefficient (Wildman–Crippen LogP) is 2.78. The molecule has 3 nitrogen and oxygen atoms in total. The predicted molar refractivity (Wildman–Crippen MR) is 77.9 cm³/mol. The molecular weight excluding hydrogens is 250 g/mol. The monoisotopic (exact) mass is 274 g/mol. The second kappa shape index (κ2) is 5.21. The molecule has 3 unspecified atom stereocenters. The molecule has 0 saturated carbocycles. The van der Waals surface area contributed by atoms with Crippen LogP contribution in [0.5, 0.6) is 0 Å². The number of esters is 1. The summed E-state index contributed by atoms with van der Waals surface area (Å²) in [5, 5.41) is 0. The lowest BCUT2D eigenvalue weighted by molar-refractivity contribution is -0.938. The molecule has 2 aliphatic heterocycles. The molecular formula is C17H24NO2+. The Kier molecular flexibility index (Phi) is 3.55. The van der Waals surface area contributed by atoms with Crippen molar-refractivity contribution in [3.05, 3.63) is 35.9 Å². The number of hydrogen-bond acceptors (Lipinski definition) is 2. The topological polar surface area (TPSA) is 26.3 Å². The molecule has 1 aromatic rings. The van der Waals surface area contributed by atoms with Crippen LogP contribution in [0.2, 0.25) is 0 Å². The first-order valence-corrected chi connectivity index (χ1v) is 7.73. The molecule has 2 bridgehead atoms. The lowest BCUT2D eigenvalue weighted by Crippen LogP contribution is -2.48. The Morgan fingerprint density at radius 2 is 2.10 bits per heavy atom. The Morgan fingerprint density at radius 1 is 1.35 bits per heavy atom. The van der Waals surface area contributed by atoms with Crippen LogP contribution in [0.1, 0.15) is 31.9 Å². The zero-order chi connectivity index (χ0) is 14.2. The lowest BCUT2D eigenvalue weighted by atomic mass is 9.92. The fourth-order valence-corrected chi connectivity index (χ4v) is 4.18. The molecule has 0 spiro atoms. The maximum Gasteiger partial charge on any atom is 0.315 e. The van der Waals surface area contributed by atoms with E-state index in [2.05, 4.69) is 37.3 Å². The van der Waals surface area contributed by atoms with Crippen molar-refractivity contribution in [2.45, 2.75) is 26.3 Å². The van der Waals surface area contributed by atoms with Crippen molar-refractivity contribution in [2.24, 2.45) is 11.8 Å². The maximum absolute atomic E-state index is 12.1. The van der Waals surface area contributed by atoms with Gasteiger partial charge in [0.15, 0.2) is 0 Å². The first kappa shape index (κ1) is 13.6. The Hall–Kier alpha value is -1.35. The Morgan fingerprint density at radius 3 is 2.80 bits per heavy atom. The third kappa shape index (κ3) is 2.14. The molecule has 4 atom stereocenters. The third-order valence-corrected chi connectivity index (χ3v) is 5.37. The summed E-state index contributed by atoms with van der Waals surface area (Å²) in [7, 11) is 0. The number of piperidine rings is 1. The summed E-state index contributed by atoms with van der Waals surface area (Å²) in [5.41, 5.74) is 1.39. The van der Waals surface area contributed by atoms with E-state index >= 15 is 0 Å². The smallest absolute Gasteiger partial charge is 0.315 e. The number of carbonyl (C=O) groups is 1. The number of hydrogen-bond donors (Lipinski definition) is 0. The van der Waals surface area contributed by atoms with Gasteiger partial charge in [-0.05, 0) is 13.8 Å². The van der Waals surface area contributed by atoms with Gasteiger partial charge >= 0.3 is 5.97 Å². The highest BCUT2D eigenvalue weighted by molar-refractivity contribution is 5.73. The molecule has 3 heteroatoms. The molecule has 0 aromatic heterocycles. The highest BCUT2D eigenvalue weighted by Gasteiger charge is 2.56. The molecule has 0 aliphatic carbocycles. The zero-order valence-corrected chi connectivity index (χ0v) is 12.4. The van der Waals surface area contributed by atoms with Gasteiger partial charge in [0.05, 0.1) is 26.2 Å². The minimum Gasteiger partial charge on any atom is -0.466 e. The first-order valence-electron chi connectivity index (χ1n) is 7.73. The van der Waals surface area contributed by atoms with E-state index in [1.165, 1.54) is 18.5 Å². The molecule has 3 rings (SSSR count). The van der Waals surface area contributed by atoms with E-state index in [0.29, 0.717) is 18.6 Å². The first-order chi connectivity index (χ1) is 9.66. The quantitative estimate of drug-likeness (QED) is 0.623. The van der Waals surface area contributed by atoms with Crippen LogP contribution in [-0.4, -0.2) is 36.7 Å². The van der Waals surface area contributed by atoms with E-state index in [-0.39, 0.29) is 11.9 Å². The summed E-state index contributed by atoms with van der Waals surface area (Å²) in [4.78, 5) is 12.1. The fraction of sp³-hybridized carbons (Fsp3) is 0.588. The lowest BCUT2D eigenvalue weighted by Gasteiger charge is -2.39. The van der Waals surface area contributed by atoms with Gasteiger partial charge in [0.1, 0.15) is 12.0 Å². The van der Waals surface area contributed by atoms with Gasteiger partial charge in [-0.25, -0.2) is 0 Å². The van der Waals surface area contributed by atoms with Crippen molar-refractivity contribution in [3.8, 4) is 0 Å². The Balaban J connectivity index is 1.79. The van der Waals surface area contributed by atoms with Gasteiger partial charge in [-0.2, -0.15) is 0 Å². The summed E-state index contributed by atoms with van der Waals surface area (Å²) >= 11 is 0. The van der Waals surface area contributed by atoms with Gasteiger partial charge < -0.3 is 9.22 Å². The van der Waals surface area contributed by atoms with Crippen molar-refractivity contribution in [2.75, 3.05) is 26.2 Å². The number of nitrogens with zero attached hydrogens (tertiary/aromatic N) is 1. The molecule has 20 heavy (non-hydrogen) atoms. The number of quaternary nitrogens is 1. The van der Waals surface area contributed by atoms with Crippen molar-refractivity contribution in [3.63, 3.8) is 0 Å². The number of rotatable bonds is 4. The number of benzene rings is 1. The van der Waals surface area contributed by atoms with E-state index < -0.39 is 0 Å². The second-order valence-electron chi connectivity index (χ2n) is 6.30. The van der Waals surface area contributed by atoms with Gasteiger partial charge in [-0.3, -0.25) is 4.79 Å². The largest absolute Gasteiger partial charge is 0.466 e. The van der Waals surface area contributed by atoms with Gasteiger partial charge in [0.25, 0.3) is 0 Å². The molecule has 2 heterocycles. The molecule has 108 valence electrons. The van der Waals surface area contributed by atoms with Crippen LogP contribution in [0, 0.1) is 11.8 Å². The minimum atomic E-state index is 0.0254. The molecule has 2 fully saturated rings.